The van der Waals surface area contributed by atoms with E-state index in [4.69, 9.17) is 11.6 Å². The van der Waals surface area contributed by atoms with E-state index in [1.54, 1.807) is 18.2 Å². The summed E-state index contributed by atoms with van der Waals surface area (Å²) in [6, 6.07) is 5.08. The van der Waals surface area contributed by atoms with Crippen LogP contribution in [-0.2, 0) is 16.4 Å². The van der Waals surface area contributed by atoms with Crippen LogP contribution in [0.25, 0.3) is 10.9 Å². The first kappa shape index (κ1) is 14.5. The van der Waals surface area contributed by atoms with E-state index in [0.717, 1.165) is 12.8 Å². The molecule has 1 fully saturated rings. The second-order valence-corrected chi connectivity index (χ2v) is 8.43. The number of halogens is 1. The molecular weight excluding hydrogens is 312 g/mol. The Morgan fingerprint density at radius 3 is 2.71 bits per heavy atom. The Bertz CT molecular complexity index is 869. The van der Waals surface area contributed by atoms with Crippen LogP contribution in [0.2, 0.25) is 5.02 Å². The van der Waals surface area contributed by atoms with Crippen molar-refractivity contribution in [2.24, 2.45) is 5.41 Å². The molecule has 1 aromatic heterocycles. The van der Waals surface area contributed by atoms with Gasteiger partial charge in [0, 0.05) is 18.2 Å². The largest absolute Gasteiger partial charge is 0.298 e. The summed E-state index contributed by atoms with van der Waals surface area (Å²) >= 11 is 6.02. The van der Waals surface area contributed by atoms with Gasteiger partial charge < -0.3 is 0 Å². The molecule has 1 aliphatic carbocycles. The van der Waals surface area contributed by atoms with Gasteiger partial charge in [-0.2, -0.15) is 0 Å². The summed E-state index contributed by atoms with van der Waals surface area (Å²) in [5, 5.41) is 0.897. The van der Waals surface area contributed by atoms with Gasteiger partial charge in [-0.1, -0.05) is 17.7 Å². The van der Waals surface area contributed by atoms with E-state index in [0.29, 0.717) is 22.5 Å². The number of hydrogen-bond acceptors (Lipinski definition) is 4. The van der Waals surface area contributed by atoms with Crippen molar-refractivity contribution >= 4 is 32.3 Å². The molecule has 0 unspecified atom stereocenters. The number of aromatic nitrogens is 2. The molecule has 1 heterocycles. The Kier molecular flexibility index (Phi) is 3.33. The predicted octanol–water partition coefficient (Wildman–Crippen LogP) is 1.87. The molecule has 3 rings (SSSR count). The molecule has 0 spiro atoms. The van der Waals surface area contributed by atoms with Crippen molar-refractivity contribution in [1.82, 2.24) is 9.55 Å². The molecule has 1 aliphatic rings. The average molecular weight is 327 g/mol. The number of hydrogen-bond donors (Lipinski definition) is 0. The fraction of sp³-hybridized carbons (Fsp3) is 0.429. The first-order chi connectivity index (χ1) is 9.80. The average Bonchev–Trinajstić information content (AvgIpc) is 3.11. The third-order valence-corrected chi connectivity index (χ3v) is 5.28. The fourth-order valence-corrected chi connectivity index (χ4v) is 4.42. The van der Waals surface area contributed by atoms with E-state index in [2.05, 4.69) is 4.98 Å². The van der Waals surface area contributed by atoms with Crippen LogP contribution in [0.3, 0.4) is 0 Å². The van der Waals surface area contributed by atoms with Crippen molar-refractivity contribution in [2.75, 3.05) is 12.0 Å². The number of fused-ring (bicyclic) bond motifs is 1. The standard InChI is InChI=1S/C14H15ClN2O3S/c1-21(19,20)8-14(5-6-14)7-17-9-16-12-10(13(17)18)3-2-4-11(12)15/h2-4,9H,5-8H2,1H3. The van der Waals surface area contributed by atoms with Gasteiger partial charge in [-0.25, -0.2) is 13.4 Å². The minimum atomic E-state index is -3.06. The van der Waals surface area contributed by atoms with Crippen molar-refractivity contribution in [3.63, 3.8) is 0 Å². The van der Waals surface area contributed by atoms with E-state index >= 15 is 0 Å². The van der Waals surface area contributed by atoms with E-state index in [1.807, 2.05) is 0 Å². The van der Waals surface area contributed by atoms with Gasteiger partial charge in [0.2, 0.25) is 0 Å². The molecule has 5 nitrogen and oxygen atoms in total. The van der Waals surface area contributed by atoms with Crippen LogP contribution >= 0.6 is 11.6 Å². The van der Waals surface area contributed by atoms with Gasteiger partial charge in [0.25, 0.3) is 5.56 Å². The summed E-state index contributed by atoms with van der Waals surface area (Å²) in [6.45, 7) is 0.383. The first-order valence-electron chi connectivity index (χ1n) is 6.61. The molecule has 0 radical (unpaired) electrons. The predicted molar refractivity (Wildman–Crippen MR) is 82.4 cm³/mol. The maximum absolute atomic E-state index is 12.5. The zero-order valence-corrected chi connectivity index (χ0v) is 13.1. The van der Waals surface area contributed by atoms with Crippen LogP contribution in [0.4, 0.5) is 0 Å². The molecule has 0 N–H and O–H groups in total. The lowest BCUT2D eigenvalue weighted by atomic mass is 10.1. The van der Waals surface area contributed by atoms with Crippen molar-refractivity contribution in [3.8, 4) is 0 Å². The van der Waals surface area contributed by atoms with Crippen molar-refractivity contribution in [1.29, 1.82) is 0 Å². The number of nitrogens with zero attached hydrogens (tertiary/aromatic N) is 2. The SMILES string of the molecule is CS(=O)(=O)CC1(Cn2cnc3c(Cl)cccc3c2=O)CC1. The Morgan fingerprint density at radius 1 is 1.38 bits per heavy atom. The number of rotatable bonds is 4. The topological polar surface area (TPSA) is 69.0 Å². The number of benzene rings is 1. The Balaban J connectivity index is 1.99. The molecule has 0 atom stereocenters. The molecule has 0 saturated heterocycles. The maximum atomic E-state index is 12.5. The summed E-state index contributed by atoms with van der Waals surface area (Å²) in [6.07, 6.45) is 4.33. The number of sulfone groups is 1. The third-order valence-electron chi connectivity index (χ3n) is 3.84. The zero-order valence-electron chi connectivity index (χ0n) is 11.5. The van der Waals surface area contributed by atoms with Gasteiger partial charge in [-0.05, 0) is 25.0 Å². The smallest absolute Gasteiger partial charge is 0.261 e. The fourth-order valence-electron chi connectivity index (χ4n) is 2.71. The van der Waals surface area contributed by atoms with Crippen LogP contribution in [0.1, 0.15) is 12.8 Å². The highest BCUT2D eigenvalue weighted by atomic mass is 35.5. The molecule has 2 aromatic rings. The van der Waals surface area contributed by atoms with Crippen LogP contribution < -0.4 is 5.56 Å². The van der Waals surface area contributed by atoms with E-state index in [9.17, 15) is 13.2 Å². The molecule has 0 amide bonds. The minimum absolute atomic E-state index is 0.111. The second kappa shape index (κ2) is 4.81. The first-order valence-corrected chi connectivity index (χ1v) is 9.05. The molecule has 112 valence electrons. The molecule has 0 aliphatic heterocycles. The summed E-state index contributed by atoms with van der Waals surface area (Å²) in [4.78, 5) is 16.7. The highest BCUT2D eigenvalue weighted by Crippen LogP contribution is 2.47. The monoisotopic (exact) mass is 326 g/mol. The highest BCUT2D eigenvalue weighted by molar-refractivity contribution is 7.90. The summed E-state index contributed by atoms with van der Waals surface area (Å²) in [5.74, 6) is 0.111. The second-order valence-electron chi connectivity index (χ2n) is 5.88. The van der Waals surface area contributed by atoms with Crippen LogP contribution in [-0.4, -0.2) is 30.0 Å². The third kappa shape index (κ3) is 2.96. The normalized spacial score (nSPS) is 17.0. The lowest BCUT2D eigenvalue weighted by Gasteiger charge is -2.15. The molecule has 1 saturated carbocycles. The van der Waals surface area contributed by atoms with Gasteiger partial charge >= 0.3 is 0 Å². The quantitative estimate of drug-likeness (QED) is 0.860. The Labute approximate surface area is 127 Å². The lowest BCUT2D eigenvalue weighted by Crippen LogP contribution is -2.28. The van der Waals surface area contributed by atoms with Gasteiger partial charge in [0.1, 0.15) is 9.84 Å². The van der Waals surface area contributed by atoms with Gasteiger partial charge in [-0.3, -0.25) is 9.36 Å². The molecule has 0 bridgehead atoms. The Morgan fingerprint density at radius 2 is 2.10 bits per heavy atom. The zero-order chi connectivity index (χ0) is 15.3. The van der Waals surface area contributed by atoms with E-state index in [-0.39, 0.29) is 16.7 Å². The molecular formula is C14H15ClN2O3S. The number of para-hydroxylation sites is 1. The van der Waals surface area contributed by atoms with E-state index < -0.39 is 9.84 Å². The molecule has 21 heavy (non-hydrogen) atoms. The minimum Gasteiger partial charge on any atom is -0.298 e. The van der Waals surface area contributed by atoms with Crippen LogP contribution in [0.5, 0.6) is 0 Å². The van der Waals surface area contributed by atoms with Gasteiger partial charge in [0.15, 0.2) is 0 Å². The van der Waals surface area contributed by atoms with Crippen molar-refractivity contribution in [2.45, 2.75) is 19.4 Å². The molecule has 1 aromatic carbocycles. The van der Waals surface area contributed by atoms with Crippen molar-refractivity contribution in [3.05, 3.63) is 39.9 Å². The van der Waals surface area contributed by atoms with Gasteiger partial charge in [0.05, 0.1) is 28.0 Å². The molecule has 7 heteroatoms. The summed E-state index contributed by atoms with van der Waals surface area (Å²) in [5.41, 5.74) is -0.0126. The van der Waals surface area contributed by atoms with Crippen LogP contribution in [0.15, 0.2) is 29.3 Å². The van der Waals surface area contributed by atoms with Gasteiger partial charge in [-0.15, -0.1) is 0 Å². The van der Waals surface area contributed by atoms with E-state index in [1.165, 1.54) is 17.2 Å². The van der Waals surface area contributed by atoms with Crippen molar-refractivity contribution < 1.29 is 8.42 Å². The highest BCUT2D eigenvalue weighted by Gasteiger charge is 2.45. The Hall–Kier alpha value is -1.40. The summed E-state index contributed by atoms with van der Waals surface area (Å²) in [7, 11) is -3.06. The maximum Gasteiger partial charge on any atom is 0.261 e. The van der Waals surface area contributed by atoms with Crippen LogP contribution in [0, 0.1) is 5.41 Å². The summed E-state index contributed by atoms with van der Waals surface area (Å²) < 4.78 is 24.5. The lowest BCUT2D eigenvalue weighted by molar-refractivity contribution is 0.450.